The van der Waals surface area contributed by atoms with Crippen molar-refractivity contribution in [1.82, 2.24) is 19.5 Å². The van der Waals surface area contributed by atoms with Gasteiger partial charge in [-0.1, -0.05) is 29.3 Å². The van der Waals surface area contributed by atoms with Gasteiger partial charge in [0.05, 0.1) is 34.5 Å². The highest BCUT2D eigenvalue weighted by molar-refractivity contribution is 6.35. The molecule has 1 fully saturated rings. The van der Waals surface area contributed by atoms with Crippen molar-refractivity contribution in [1.29, 1.82) is 5.26 Å². The molecule has 1 aliphatic rings. The van der Waals surface area contributed by atoms with Gasteiger partial charge in [0.1, 0.15) is 16.7 Å². The first kappa shape index (κ1) is 20.2. The molecule has 1 atom stereocenters. The standard InChI is InChI=1S/C19H18Cl2N8O/c20-10-3-1-4-11-12(10)18(30)29(8-2-7-22)17(25-11)14(9-5-6-9)26-16-13(21)15(23)27-19(24)28-16/h1,3-4,9,14H,2,5-6,8H2,(H5,23,24,26,27,28). The van der Waals surface area contributed by atoms with E-state index in [4.69, 9.17) is 44.9 Å². The number of hydrogen-bond donors (Lipinski definition) is 3. The number of benzene rings is 1. The number of hydrogen-bond acceptors (Lipinski definition) is 8. The minimum absolute atomic E-state index is 0.0194. The van der Waals surface area contributed by atoms with Gasteiger partial charge in [-0.25, -0.2) is 4.98 Å². The number of halogens is 2. The number of fused-ring (bicyclic) bond motifs is 1. The van der Waals surface area contributed by atoms with Crippen LogP contribution < -0.4 is 22.3 Å². The first-order valence-electron chi connectivity index (χ1n) is 9.31. The van der Waals surface area contributed by atoms with Gasteiger partial charge in [0.2, 0.25) is 5.95 Å². The fourth-order valence-corrected chi connectivity index (χ4v) is 3.79. The van der Waals surface area contributed by atoms with Crippen LogP contribution in [0.3, 0.4) is 0 Å². The molecule has 154 valence electrons. The molecule has 0 radical (unpaired) electrons. The van der Waals surface area contributed by atoms with E-state index in [1.165, 1.54) is 4.57 Å². The highest BCUT2D eigenvalue weighted by Crippen LogP contribution is 2.43. The summed E-state index contributed by atoms with van der Waals surface area (Å²) in [5.74, 6) is 0.996. The van der Waals surface area contributed by atoms with Crippen LogP contribution in [0, 0.1) is 17.2 Å². The second kappa shape index (κ2) is 7.97. The van der Waals surface area contributed by atoms with Crippen molar-refractivity contribution < 1.29 is 0 Å². The van der Waals surface area contributed by atoms with E-state index in [1.807, 2.05) is 0 Å². The smallest absolute Gasteiger partial charge is 0.262 e. The van der Waals surface area contributed by atoms with Gasteiger partial charge < -0.3 is 16.8 Å². The van der Waals surface area contributed by atoms with Gasteiger partial charge in [-0.05, 0) is 30.9 Å². The zero-order chi connectivity index (χ0) is 21.4. The predicted molar refractivity (Wildman–Crippen MR) is 116 cm³/mol. The van der Waals surface area contributed by atoms with E-state index in [1.54, 1.807) is 18.2 Å². The fraction of sp³-hybridized carbons (Fsp3) is 0.316. The molecule has 3 aromatic rings. The quantitative estimate of drug-likeness (QED) is 0.524. The van der Waals surface area contributed by atoms with Crippen molar-refractivity contribution in [3.05, 3.63) is 44.4 Å². The highest BCUT2D eigenvalue weighted by atomic mass is 35.5. The van der Waals surface area contributed by atoms with Crippen LogP contribution in [0.4, 0.5) is 17.6 Å². The Morgan fingerprint density at radius 1 is 1.27 bits per heavy atom. The van der Waals surface area contributed by atoms with Crippen molar-refractivity contribution in [2.45, 2.75) is 31.8 Å². The highest BCUT2D eigenvalue weighted by Gasteiger charge is 2.36. The van der Waals surface area contributed by atoms with Gasteiger partial charge in [-0.2, -0.15) is 15.2 Å². The van der Waals surface area contributed by atoms with Crippen LogP contribution in [-0.4, -0.2) is 19.5 Å². The molecule has 4 rings (SSSR count). The zero-order valence-electron chi connectivity index (χ0n) is 15.8. The lowest BCUT2D eigenvalue weighted by Gasteiger charge is -2.23. The average Bonchev–Trinajstić information content (AvgIpc) is 3.54. The minimum Gasteiger partial charge on any atom is -0.382 e. The van der Waals surface area contributed by atoms with Crippen molar-refractivity contribution in [3.63, 3.8) is 0 Å². The SMILES string of the molecule is N#CCCn1c(C(Nc2nc(N)nc(N)c2Cl)C2CC2)nc2cccc(Cl)c2c1=O. The molecule has 0 spiro atoms. The average molecular weight is 445 g/mol. The van der Waals surface area contributed by atoms with E-state index in [-0.39, 0.29) is 53.1 Å². The Hall–Kier alpha value is -3.09. The molecule has 2 aromatic heterocycles. The molecular formula is C19H18Cl2N8O. The molecule has 1 aliphatic carbocycles. The Labute approximate surface area is 181 Å². The monoisotopic (exact) mass is 444 g/mol. The molecule has 9 nitrogen and oxygen atoms in total. The summed E-state index contributed by atoms with van der Waals surface area (Å²) in [5.41, 5.74) is 11.7. The largest absolute Gasteiger partial charge is 0.382 e. The summed E-state index contributed by atoms with van der Waals surface area (Å²) in [6.07, 6.45) is 2.02. The number of rotatable bonds is 6. The molecule has 0 aliphatic heterocycles. The van der Waals surface area contributed by atoms with E-state index >= 15 is 0 Å². The third kappa shape index (κ3) is 3.72. The molecule has 1 saturated carbocycles. The van der Waals surface area contributed by atoms with Crippen molar-refractivity contribution >= 4 is 51.7 Å². The lowest BCUT2D eigenvalue weighted by molar-refractivity contribution is 0.547. The van der Waals surface area contributed by atoms with E-state index < -0.39 is 0 Å². The van der Waals surface area contributed by atoms with E-state index in [2.05, 4.69) is 21.4 Å². The molecule has 1 aromatic carbocycles. The first-order valence-corrected chi connectivity index (χ1v) is 10.1. The van der Waals surface area contributed by atoms with Gasteiger partial charge in [-0.15, -0.1) is 0 Å². The van der Waals surface area contributed by atoms with Crippen LogP contribution in [-0.2, 0) is 6.54 Å². The van der Waals surface area contributed by atoms with Crippen LogP contribution in [0.5, 0.6) is 0 Å². The Morgan fingerprint density at radius 3 is 2.73 bits per heavy atom. The maximum absolute atomic E-state index is 13.3. The zero-order valence-corrected chi connectivity index (χ0v) is 17.3. The number of aromatic nitrogens is 4. The Morgan fingerprint density at radius 2 is 2.03 bits per heavy atom. The maximum Gasteiger partial charge on any atom is 0.262 e. The Bertz CT molecular complexity index is 1230. The summed E-state index contributed by atoms with van der Waals surface area (Å²) in [6.45, 7) is 0.186. The second-order valence-corrected chi connectivity index (χ2v) is 7.84. The summed E-state index contributed by atoms with van der Waals surface area (Å²) in [6, 6.07) is 6.81. The normalized spacial score (nSPS) is 14.4. The van der Waals surface area contributed by atoms with E-state index in [0.29, 0.717) is 21.7 Å². The molecule has 11 heteroatoms. The third-order valence-corrected chi connectivity index (χ3v) is 5.65. The van der Waals surface area contributed by atoms with E-state index in [0.717, 1.165) is 12.8 Å². The number of nitrogens with one attached hydrogen (secondary N) is 1. The predicted octanol–water partition coefficient (Wildman–Crippen LogP) is 3.13. The van der Waals surface area contributed by atoms with Crippen LogP contribution >= 0.6 is 23.2 Å². The summed E-state index contributed by atoms with van der Waals surface area (Å²) in [5, 5.41) is 13.1. The second-order valence-electron chi connectivity index (χ2n) is 7.06. The molecule has 2 heterocycles. The molecule has 30 heavy (non-hydrogen) atoms. The molecule has 0 amide bonds. The number of nitrogens with two attached hydrogens (primary N) is 2. The van der Waals surface area contributed by atoms with Gasteiger partial charge >= 0.3 is 0 Å². The lowest BCUT2D eigenvalue weighted by Crippen LogP contribution is -2.30. The molecular weight excluding hydrogens is 427 g/mol. The van der Waals surface area contributed by atoms with Crippen LogP contribution in [0.1, 0.15) is 31.1 Å². The van der Waals surface area contributed by atoms with Crippen LogP contribution in [0.2, 0.25) is 10.0 Å². The van der Waals surface area contributed by atoms with E-state index in [9.17, 15) is 4.79 Å². The molecule has 5 N–H and O–H groups in total. The number of anilines is 3. The van der Waals surface area contributed by atoms with Crippen molar-refractivity contribution in [2.75, 3.05) is 16.8 Å². The topological polar surface area (TPSA) is 149 Å². The minimum atomic E-state index is -0.383. The van der Waals surface area contributed by atoms with Crippen LogP contribution in [0.15, 0.2) is 23.0 Å². The van der Waals surface area contributed by atoms with Gasteiger partial charge in [0.25, 0.3) is 5.56 Å². The third-order valence-electron chi connectivity index (χ3n) is 4.97. The van der Waals surface area contributed by atoms with Crippen LogP contribution in [0.25, 0.3) is 10.9 Å². The summed E-state index contributed by atoms with van der Waals surface area (Å²) >= 11 is 12.5. The molecule has 0 saturated heterocycles. The maximum atomic E-state index is 13.3. The Balaban J connectivity index is 1.88. The van der Waals surface area contributed by atoms with Crippen molar-refractivity contribution in [3.8, 4) is 6.07 Å². The van der Waals surface area contributed by atoms with Gasteiger partial charge in [0.15, 0.2) is 5.82 Å². The van der Waals surface area contributed by atoms with Gasteiger partial charge in [-0.3, -0.25) is 9.36 Å². The number of nitriles is 1. The lowest BCUT2D eigenvalue weighted by atomic mass is 10.1. The number of nitrogen functional groups attached to an aromatic ring is 2. The fourth-order valence-electron chi connectivity index (χ4n) is 3.40. The summed E-state index contributed by atoms with van der Waals surface area (Å²) in [4.78, 5) is 26.0. The van der Waals surface area contributed by atoms with Gasteiger partial charge in [0, 0.05) is 6.54 Å². The summed E-state index contributed by atoms with van der Waals surface area (Å²) < 4.78 is 1.50. The molecule has 0 bridgehead atoms. The first-order chi connectivity index (χ1) is 14.4. The number of nitrogens with zero attached hydrogens (tertiary/aromatic N) is 5. The summed E-state index contributed by atoms with van der Waals surface area (Å²) in [7, 11) is 0. The Kier molecular flexibility index (Phi) is 5.37. The molecule has 1 unspecified atom stereocenters. The van der Waals surface area contributed by atoms with Crippen molar-refractivity contribution in [2.24, 2.45) is 5.92 Å².